The third kappa shape index (κ3) is 4.77. The van der Waals surface area contributed by atoms with E-state index in [0.717, 1.165) is 25.7 Å². The van der Waals surface area contributed by atoms with Gasteiger partial charge in [-0.3, -0.25) is 0 Å². The van der Waals surface area contributed by atoms with Crippen LogP contribution in [0, 0.1) is 11.8 Å². The molecule has 0 aromatic carbocycles. The Labute approximate surface area is 121 Å². The molecule has 3 nitrogen and oxygen atoms in total. The van der Waals surface area contributed by atoms with Gasteiger partial charge in [0.1, 0.15) is 0 Å². The Balaban J connectivity index is 1.90. The van der Waals surface area contributed by atoms with Crippen LogP contribution >= 0.6 is 11.3 Å². The summed E-state index contributed by atoms with van der Waals surface area (Å²) in [6.45, 7) is 12.1. The van der Waals surface area contributed by atoms with E-state index in [1.807, 2.05) is 0 Å². The minimum atomic E-state index is 0.696. The molecule has 1 aromatic rings. The number of thiazole rings is 1. The van der Waals surface area contributed by atoms with E-state index in [0.29, 0.717) is 11.8 Å². The highest BCUT2D eigenvalue weighted by Crippen LogP contribution is 2.34. The van der Waals surface area contributed by atoms with Gasteiger partial charge in [-0.25, -0.2) is 4.98 Å². The van der Waals surface area contributed by atoms with Crippen molar-refractivity contribution in [2.45, 2.75) is 53.1 Å². The highest BCUT2D eigenvalue weighted by Gasteiger charge is 2.31. The fourth-order valence-corrected chi connectivity index (χ4v) is 3.07. The van der Waals surface area contributed by atoms with Crippen molar-refractivity contribution in [2.24, 2.45) is 11.8 Å². The van der Waals surface area contributed by atoms with Crippen LogP contribution in [0.4, 0.5) is 5.13 Å². The minimum Gasteiger partial charge on any atom is -0.345 e. The molecule has 19 heavy (non-hydrogen) atoms. The van der Waals surface area contributed by atoms with Gasteiger partial charge in [0.15, 0.2) is 5.13 Å². The summed E-state index contributed by atoms with van der Waals surface area (Å²) in [6, 6.07) is 0.755. The molecule has 1 saturated carbocycles. The van der Waals surface area contributed by atoms with Gasteiger partial charge in [0.05, 0.1) is 5.69 Å². The molecular formula is C15H27N3S. The van der Waals surface area contributed by atoms with Crippen LogP contribution in [0.15, 0.2) is 5.38 Å². The van der Waals surface area contributed by atoms with E-state index in [1.54, 1.807) is 11.3 Å². The summed E-state index contributed by atoms with van der Waals surface area (Å²) < 4.78 is 0. The summed E-state index contributed by atoms with van der Waals surface area (Å²) in [5.41, 5.74) is 1.19. The maximum Gasteiger partial charge on any atom is 0.185 e. The monoisotopic (exact) mass is 281 g/mol. The highest BCUT2D eigenvalue weighted by atomic mass is 32.1. The van der Waals surface area contributed by atoms with E-state index in [2.05, 4.69) is 43.3 Å². The van der Waals surface area contributed by atoms with Gasteiger partial charge >= 0.3 is 0 Å². The lowest BCUT2D eigenvalue weighted by atomic mass is 10.2. The van der Waals surface area contributed by atoms with E-state index < -0.39 is 0 Å². The molecule has 0 aliphatic heterocycles. The largest absolute Gasteiger partial charge is 0.345 e. The predicted molar refractivity (Wildman–Crippen MR) is 83.9 cm³/mol. The van der Waals surface area contributed by atoms with Crippen LogP contribution in [0.1, 0.15) is 46.2 Å². The molecule has 1 fully saturated rings. The molecule has 0 bridgehead atoms. The van der Waals surface area contributed by atoms with Crippen molar-refractivity contribution in [2.75, 3.05) is 18.0 Å². The molecule has 0 radical (unpaired) electrons. The third-order valence-corrected chi connectivity index (χ3v) is 4.12. The number of hydrogen-bond donors (Lipinski definition) is 1. The molecule has 108 valence electrons. The van der Waals surface area contributed by atoms with Crippen LogP contribution in [0.5, 0.6) is 0 Å². The summed E-state index contributed by atoms with van der Waals surface area (Å²) in [7, 11) is 0. The maximum atomic E-state index is 4.80. The zero-order chi connectivity index (χ0) is 13.8. The van der Waals surface area contributed by atoms with Crippen LogP contribution in [-0.2, 0) is 6.54 Å². The van der Waals surface area contributed by atoms with E-state index in [1.165, 1.54) is 23.7 Å². The fraction of sp³-hybridized carbons (Fsp3) is 0.800. The third-order valence-electron chi connectivity index (χ3n) is 3.19. The van der Waals surface area contributed by atoms with Crippen molar-refractivity contribution in [1.29, 1.82) is 0 Å². The summed E-state index contributed by atoms with van der Waals surface area (Å²) in [5, 5.41) is 6.89. The van der Waals surface area contributed by atoms with E-state index >= 15 is 0 Å². The highest BCUT2D eigenvalue weighted by molar-refractivity contribution is 7.13. The predicted octanol–water partition coefficient (Wildman–Crippen LogP) is 3.51. The Kier molecular flexibility index (Phi) is 5.22. The van der Waals surface area contributed by atoms with Crippen molar-refractivity contribution in [3.05, 3.63) is 11.1 Å². The topological polar surface area (TPSA) is 28.2 Å². The van der Waals surface area contributed by atoms with Crippen LogP contribution in [0.2, 0.25) is 0 Å². The minimum absolute atomic E-state index is 0.696. The summed E-state index contributed by atoms with van der Waals surface area (Å²) in [5.74, 6) is 1.40. The molecule has 1 N–H and O–H groups in total. The molecule has 0 atom stereocenters. The molecular weight excluding hydrogens is 254 g/mol. The Hall–Kier alpha value is -0.610. The van der Waals surface area contributed by atoms with Gasteiger partial charge < -0.3 is 10.2 Å². The smallest absolute Gasteiger partial charge is 0.185 e. The second-order valence-corrected chi connectivity index (χ2v) is 7.26. The first-order chi connectivity index (χ1) is 9.06. The molecule has 1 aliphatic carbocycles. The number of hydrogen-bond acceptors (Lipinski definition) is 4. The lowest BCUT2D eigenvalue weighted by Crippen LogP contribution is -2.29. The second kappa shape index (κ2) is 6.71. The van der Waals surface area contributed by atoms with Gasteiger partial charge in [0, 0.05) is 24.5 Å². The molecule has 1 aliphatic rings. The molecule has 0 unspecified atom stereocenters. The first kappa shape index (κ1) is 14.8. The SMILES string of the molecule is CC(C)CNCc1csc(N(CC(C)C)C2CC2)n1. The first-order valence-electron chi connectivity index (χ1n) is 7.48. The quantitative estimate of drug-likeness (QED) is 0.790. The Morgan fingerprint density at radius 2 is 2.05 bits per heavy atom. The number of rotatable bonds is 8. The Morgan fingerprint density at radius 3 is 2.63 bits per heavy atom. The summed E-state index contributed by atoms with van der Waals surface area (Å²) in [4.78, 5) is 7.32. The van der Waals surface area contributed by atoms with Crippen molar-refractivity contribution in [1.82, 2.24) is 10.3 Å². The number of nitrogens with one attached hydrogen (secondary N) is 1. The van der Waals surface area contributed by atoms with Crippen LogP contribution < -0.4 is 10.2 Å². The second-order valence-electron chi connectivity index (χ2n) is 6.42. The summed E-state index contributed by atoms with van der Waals surface area (Å²) in [6.07, 6.45) is 2.68. The molecule has 1 aromatic heterocycles. The van der Waals surface area contributed by atoms with E-state index in [-0.39, 0.29) is 0 Å². The van der Waals surface area contributed by atoms with Gasteiger partial charge in [0.25, 0.3) is 0 Å². The van der Waals surface area contributed by atoms with Gasteiger partial charge in [0.2, 0.25) is 0 Å². The number of aromatic nitrogens is 1. The number of anilines is 1. The van der Waals surface area contributed by atoms with Crippen molar-refractivity contribution >= 4 is 16.5 Å². The van der Waals surface area contributed by atoms with Crippen molar-refractivity contribution < 1.29 is 0 Å². The normalized spacial score (nSPS) is 15.5. The standard InChI is InChI=1S/C15H27N3S/c1-11(2)7-16-8-13-10-19-15(17-13)18(9-12(3)4)14-5-6-14/h10-12,14,16H,5-9H2,1-4H3. The van der Waals surface area contributed by atoms with Gasteiger partial charge in [-0.2, -0.15) is 0 Å². The van der Waals surface area contributed by atoms with Crippen LogP contribution in [0.3, 0.4) is 0 Å². The molecule has 0 spiro atoms. The van der Waals surface area contributed by atoms with E-state index in [4.69, 9.17) is 4.98 Å². The number of nitrogens with zero attached hydrogens (tertiary/aromatic N) is 2. The lowest BCUT2D eigenvalue weighted by Gasteiger charge is -2.23. The van der Waals surface area contributed by atoms with Gasteiger partial charge in [-0.1, -0.05) is 27.7 Å². The lowest BCUT2D eigenvalue weighted by molar-refractivity contribution is 0.548. The zero-order valence-electron chi connectivity index (χ0n) is 12.6. The molecule has 0 amide bonds. The van der Waals surface area contributed by atoms with E-state index in [9.17, 15) is 0 Å². The van der Waals surface area contributed by atoms with Crippen LogP contribution in [-0.4, -0.2) is 24.1 Å². The maximum absolute atomic E-state index is 4.80. The average molecular weight is 281 g/mol. The van der Waals surface area contributed by atoms with Gasteiger partial charge in [-0.15, -0.1) is 11.3 Å². The fourth-order valence-electron chi connectivity index (χ4n) is 2.16. The molecule has 0 saturated heterocycles. The Bertz CT molecular complexity index is 382. The Morgan fingerprint density at radius 1 is 1.32 bits per heavy atom. The van der Waals surface area contributed by atoms with Crippen molar-refractivity contribution in [3.63, 3.8) is 0 Å². The van der Waals surface area contributed by atoms with Crippen LogP contribution in [0.25, 0.3) is 0 Å². The molecule has 2 rings (SSSR count). The molecule has 1 heterocycles. The van der Waals surface area contributed by atoms with Gasteiger partial charge in [-0.05, 0) is 31.2 Å². The average Bonchev–Trinajstić information content (AvgIpc) is 3.05. The first-order valence-corrected chi connectivity index (χ1v) is 8.36. The summed E-state index contributed by atoms with van der Waals surface area (Å²) >= 11 is 1.80. The van der Waals surface area contributed by atoms with Crippen molar-refractivity contribution in [3.8, 4) is 0 Å². The molecule has 4 heteroatoms. The zero-order valence-corrected chi connectivity index (χ0v) is 13.5.